The fourth-order valence-corrected chi connectivity index (χ4v) is 4.07. The monoisotopic (exact) mass is 739 g/mol. The Hall–Kier alpha value is -0.998. The van der Waals surface area contributed by atoms with Gasteiger partial charge in [0, 0.05) is 51.3 Å². The van der Waals surface area contributed by atoms with E-state index >= 15 is 0 Å². The van der Waals surface area contributed by atoms with E-state index in [4.69, 9.17) is 27.9 Å². The summed E-state index contributed by atoms with van der Waals surface area (Å²) in [6.45, 7) is 6.92. The maximum atomic E-state index is 12.4. The van der Waals surface area contributed by atoms with Crippen molar-refractivity contribution in [1.29, 1.82) is 0 Å². The van der Waals surface area contributed by atoms with Gasteiger partial charge in [-0.3, -0.25) is 13.8 Å². The van der Waals surface area contributed by atoms with Crippen LogP contribution in [0.3, 0.4) is 0 Å². The Morgan fingerprint density at radius 1 is 1.20 bits per heavy atom. The molecule has 4 atom stereocenters. The minimum absolute atomic E-state index is 0. The van der Waals surface area contributed by atoms with E-state index in [0.29, 0.717) is 0 Å². The molecule has 1 fully saturated rings. The molecule has 1 heterocycles. The third-order valence-electron chi connectivity index (χ3n) is 5.01. The Bertz CT molecular complexity index is 931. The normalized spacial score (nSPS) is 23.3. The average Bonchev–Trinajstić information content (AvgIpc) is 3.07. The molecular formula is C23H33O10SU-. The molecule has 0 N–H and O–H groups in total. The first-order valence-corrected chi connectivity index (χ1v) is 12.5. The Morgan fingerprint density at radius 2 is 1.83 bits per heavy atom. The van der Waals surface area contributed by atoms with Crippen LogP contribution in [-0.4, -0.2) is 70.8 Å². The summed E-state index contributed by atoms with van der Waals surface area (Å²) in [5.74, 6) is -1.16. The SMILES string of the molecule is CO[C@H]1[C@@H](OC(C)=O)[CH-]O[C@@]1(COCc1ccccc1)C(COC(=O)C(C)(C)C)OS(C)(=O)=O.[U]. The minimum Gasteiger partial charge on any atom is -0.538 e. The largest absolute Gasteiger partial charge is 0.538 e. The van der Waals surface area contributed by atoms with E-state index < -0.39 is 58.0 Å². The van der Waals surface area contributed by atoms with Gasteiger partial charge in [-0.2, -0.15) is 15.0 Å². The summed E-state index contributed by atoms with van der Waals surface area (Å²) >= 11 is 0. The Kier molecular flexibility index (Phi) is 12.4. The quantitative estimate of drug-likeness (QED) is 0.189. The van der Waals surface area contributed by atoms with Crippen molar-refractivity contribution >= 4 is 22.1 Å². The number of hydrogen-bond acceptors (Lipinski definition) is 10. The maximum Gasteiger partial charge on any atom is 0.311 e. The summed E-state index contributed by atoms with van der Waals surface area (Å²) in [5.41, 5.74) is -1.59. The van der Waals surface area contributed by atoms with Crippen LogP contribution < -0.4 is 0 Å². The van der Waals surface area contributed by atoms with Crippen molar-refractivity contribution in [2.24, 2.45) is 5.41 Å². The van der Waals surface area contributed by atoms with Gasteiger partial charge < -0.3 is 23.7 Å². The molecule has 1 aliphatic heterocycles. The smallest absolute Gasteiger partial charge is 0.311 e. The molecule has 0 bridgehead atoms. The number of ether oxygens (including phenoxy) is 5. The van der Waals surface area contributed by atoms with Crippen LogP contribution in [0, 0.1) is 43.1 Å². The van der Waals surface area contributed by atoms with Crippen molar-refractivity contribution in [3.63, 3.8) is 0 Å². The van der Waals surface area contributed by atoms with Crippen LogP contribution in [0.2, 0.25) is 0 Å². The number of hydrogen-bond donors (Lipinski definition) is 0. The van der Waals surface area contributed by atoms with Crippen molar-refractivity contribution in [3.05, 3.63) is 42.5 Å². The standard InChI is InChI=1S/C23H33O10S.U/c1-16(24)32-18-13-31-23(20(18)28-5,15-29-12-17-10-8-7-9-11-17)19(33-34(6,26)27)14-30-21(25)22(2,3)4;/h7-11,13,18-20H,12,14-15H2,1-6H3;/q-1;/t18-,19?,20-,23-;/m0./s1. The Morgan fingerprint density at radius 3 is 2.34 bits per heavy atom. The molecular weight excluding hydrogens is 706 g/mol. The zero-order valence-corrected chi connectivity index (χ0v) is 25.8. The van der Waals surface area contributed by atoms with Crippen molar-refractivity contribution in [2.45, 2.75) is 58.2 Å². The summed E-state index contributed by atoms with van der Waals surface area (Å²) in [6.07, 6.45) is -2.50. The van der Waals surface area contributed by atoms with E-state index in [-0.39, 0.29) is 44.3 Å². The predicted molar refractivity (Wildman–Crippen MR) is 121 cm³/mol. The molecule has 2 rings (SSSR count). The van der Waals surface area contributed by atoms with Gasteiger partial charge in [0.05, 0.1) is 31.0 Å². The molecule has 1 aliphatic rings. The number of methoxy groups -OCH3 is 1. The van der Waals surface area contributed by atoms with Gasteiger partial charge in [-0.25, -0.2) is 0 Å². The van der Waals surface area contributed by atoms with Crippen molar-refractivity contribution in [3.8, 4) is 0 Å². The first kappa shape index (κ1) is 32.0. The second-order valence-electron chi connectivity index (χ2n) is 9.06. The summed E-state index contributed by atoms with van der Waals surface area (Å²) in [5, 5.41) is 0. The second-order valence-corrected chi connectivity index (χ2v) is 10.7. The fourth-order valence-electron chi connectivity index (χ4n) is 3.43. The van der Waals surface area contributed by atoms with Gasteiger partial charge in [-0.05, 0) is 26.3 Å². The molecule has 0 radical (unpaired) electrons. The molecule has 196 valence electrons. The number of carbonyl (C=O) groups excluding carboxylic acids is 2. The molecule has 0 saturated carbocycles. The molecule has 12 heteroatoms. The van der Waals surface area contributed by atoms with Gasteiger partial charge in [-0.1, -0.05) is 30.3 Å². The first-order chi connectivity index (χ1) is 15.8. The Balaban J connectivity index is 0.00000612. The molecule has 0 amide bonds. The molecule has 1 unspecified atom stereocenters. The van der Waals surface area contributed by atoms with Crippen molar-refractivity contribution < 1.29 is 77.0 Å². The summed E-state index contributed by atoms with van der Waals surface area (Å²) in [7, 11) is -2.68. The molecule has 1 aromatic rings. The van der Waals surface area contributed by atoms with Crippen LogP contribution in [-0.2, 0) is 54.2 Å². The van der Waals surface area contributed by atoms with E-state index in [1.165, 1.54) is 20.6 Å². The number of benzene rings is 1. The first-order valence-electron chi connectivity index (χ1n) is 10.7. The van der Waals surface area contributed by atoms with Gasteiger partial charge in [-0.15, -0.1) is 0 Å². The Labute approximate surface area is 230 Å². The van der Waals surface area contributed by atoms with E-state index in [1.807, 2.05) is 30.3 Å². The summed E-state index contributed by atoms with van der Waals surface area (Å²) in [6, 6.07) is 9.29. The van der Waals surface area contributed by atoms with E-state index in [0.717, 1.165) is 11.8 Å². The van der Waals surface area contributed by atoms with Gasteiger partial charge in [0.2, 0.25) is 0 Å². The van der Waals surface area contributed by atoms with Crippen LogP contribution in [0.4, 0.5) is 0 Å². The van der Waals surface area contributed by atoms with Crippen LogP contribution in [0.5, 0.6) is 0 Å². The van der Waals surface area contributed by atoms with Crippen LogP contribution in [0.15, 0.2) is 30.3 Å². The average molecular weight is 740 g/mol. The van der Waals surface area contributed by atoms with Gasteiger partial charge in [0.15, 0.2) is 0 Å². The molecule has 1 aromatic carbocycles. The molecule has 0 aliphatic carbocycles. The molecule has 1 saturated heterocycles. The summed E-state index contributed by atoms with van der Waals surface area (Å²) < 4.78 is 57.6. The van der Waals surface area contributed by atoms with Crippen molar-refractivity contribution in [1.82, 2.24) is 0 Å². The number of esters is 2. The van der Waals surface area contributed by atoms with Crippen LogP contribution >= 0.6 is 0 Å². The van der Waals surface area contributed by atoms with Gasteiger partial charge >= 0.3 is 5.97 Å². The van der Waals surface area contributed by atoms with Crippen molar-refractivity contribution in [2.75, 3.05) is 26.6 Å². The zero-order chi connectivity index (χ0) is 25.6. The fraction of sp³-hybridized carbons (Fsp3) is 0.609. The maximum absolute atomic E-state index is 12.4. The van der Waals surface area contributed by atoms with Gasteiger partial charge in [0.25, 0.3) is 16.1 Å². The molecule has 0 spiro atoms. The van der Waals surface area contributed by atoms with E-state index in [1.54, 1.807) is 20.8 Å². The predicted octanol–water partition coefficient (Wildman–Crippen LogP) is 2.01. The molecule has 10 nitrogen and oxygen atoms in total. The molecule has 0 aromatic heterocycles. The van der Waals surface area contributed by atoms with Gasteiger partial charge in [0.1, 0.15) is 18.3 Å². The number of rotatable bonds is 11. The zero-order valence-electron chi connectivity index (χ0n) is 20.8. The van der Waals surface area contributed by atoms with E-state index in [2.05, 4.69) is 0 Å². The van der Waals surface area contributed by atoms with E-state index in [9.17, 15) is 18.0 Å². The van der Waals surface area contributed by atoms with Crippen LogP contribution in [0.25, 0.3) is 0 Å². The minimum atomic E-state index is -4.04. The second kappa shape index (κ2) is 13.5. The third-order valence-corrected chi connectivity index (χ3v) is 5.59. The van der Waals surface area contributed by atoms with Crippen LogP contribution in [0.1, 0.15) is 33.3 Å². The summed E-state index contributed by atoms with van der Waals surface area (Å²) in [4.78, 5) is 24.0. The topological polar surface area (TPSA) is 124 Å². The number of carbonyl (C=O) groups is 2. The molecule has 35 heavy (non-hydrogen) atoms. The third kappa shape index (κ3) is 9.43.